The zero-order chi connectivity index (χ0) is 29.3. The van der Waals surface area contributed by atoms with Crippen LogP contribution < -0.4 is 0 Å². The third-order valence-corrected chi connectivity index (χ3v) is 6.98. The Bertz CT molecular complexity index is 2090. The number of pyridine rings is 4. The van der Waals surface area contributed by atoms with Gasteiger partial charge in [-0.25, -0.2) is 9.97 Å². The standard InChI is InChI=1S/C34H20N8O2/c1-3-17-35-25(7-1)27-9-5-11-29(37-27)33-41-39-31(43-33)23-15-13-22-20-24(16-14-21(22)19-23)32-40-42-34(44-32)30-12-6-10-28(38-30)26-8-2-4-18-36-26/h1-20H. The average molecular weight is 573 g/mol. The van der Waals surface area contributed by atoms with Crippen molar-refractivity contribution in [2.75, 3.05) is 0 Å². The third-order valence-electron chi connectivity index (χ3n) is 6.98. The van der Waals surface area contributed by atoms with Gasteiger partial charge in [-0.15, -0.1) is 20.4 Å². The van der Waals surface area contributed by atoms with Crippen molar-refractivity contribution in [3.05, 3.63) is 122 Å². The number of nitrogens with zero attached hydrogens (tertiary/aromatic N) is 8. The minimum atomic E-state index is 0.334. The number of hydrogen-bond acceptors (Lipinski definition) is 10. The predicted octanol–water partition coefficient (Wildman–Crippen LogP) is 7.19. The summed E-state index contributed by atoms with van der Waals surface area (Å²) in [6.45, 7) is 0. The molecule has 8 aromatic rings. The van der Waals surface area contributed by atoms with Crippen molar-refractivity contribution < 1.29 is 8.83 Å². The van der Waals surface area contributed by atoms with Gasteiger partial charge >= 0.3 is 0 Å². The van der Waals surface area contributed by atoms with E-state index in [-0.39, 0.29) is 0 Å². The Labute approximate surface area is 250 Å². The van der Waals surface area contributed by atoms with E-state index in [0.29, 0.717) is 35.0 Å². The summed E-state index contributed by atoms with van der Waals surface area (Å²) >= 11 is 0. The van der Waals surface area contributed by atoms with Crippen molar-refractivity contribution in [3.8, 4) is 68.9 Å². The van der Waals surface area contributed by atoms with Gasteiger partial charge in [0.2, 0.25) is 11.8 Å². The highest BCUT2D eigenvalue weighted by molar-refractivity contribution is 5.89. The van der Waals surface area contributed by atoms with Crippen LogP contribution in [-0.2, 0) is 0 Å². The van der Waals surface area contributed by atoms with Gasteiger partial charge in [0, 0.05) is 23.5 Å². The molecule has 2 aromatic carbocycles. The maximum Gasteiger partial charge on any atom is 0.266 e. The molecule has 6 aromatic heterocycles. The van der Waals surface area contributed by atoms with Gasteiger partial charge in [-0.2, -0.15) is 0 Å². The van der Waals surface area contributed by atoms with Gasteiger partial charge in [0.15, 0.2) is 0 Å². The number of benzene rings is 2. The third kappa shape index (κ3) is 4.86. The molecule has 0 N–H and O–H groups in total. The highest BCUT2D eigenvalue weighted by Crippen LogP contribution is 2.30. The predicted molar refractivity (Wildman–Crippen MR) is 163 cm³/mol. The Balaban J connectivity index is 1.04. The molecule has 208 valence electrons. The maximum absolute atomic E-state index is 6.02. The van der Waals surface area contributed by atoms with Crippen molar-refractivity contribution in [1.29, 1.82) is 0 Å². The smallest absolute Gasteiger partial charge is 0.266 e. The van der Waals surface area contributed by atoms with E-state index >= 15 is 0 Å². The van der Waals surface area contributed by atoms with Gasteiger partial charge in [0.1, 0.15) is 11.4 Å². The molecule has 0 radical (unpaired) electrons. The number of fused-ring (bicyclic) bond motifs is 1. The molecule has 0 spiro atoms. The average Bonchev–Trinajstić information content (AvgIpc) is 3.80. The fourth-order valence-electron chi connectivity index (χ4n) is 4.82. The summed E-state index contributed by atoms with van der Waals surface area (Å²) < 4.78 is 12.0. The summed E-state index contributed by atoms with van der Waals surface area (Å²) in [5, 5.41) is 19.0. The van der Waals surface area contributed by atoms with Crippen LogP contribution in [0.15, 0.2) is 130 Å². The van der Waals surface area contributed by atoms with Crippen LogP contribution in [0.2, 0.25) is 0 Å². The van der Waals surface area contributed by atoms with Crippen LogP contribution in [0.25, 0.3) is 79.6 Å². The zero-order valence-corrected chi connectivity index (χ0v) is 22.9. The van der Waals surface area contributed by atoms with Gasteiger partial charge < -0.3 is 8.83 Å². The normalized spacial score (nSPS) is 11.2. The van der Waals surface area contributed by atoms with Crippen molar-refractivity contribution >= 4 is 10.8 Å². The van der Waals surface area contributed by atoms with E-state index in [0.717, 1.165) is 44.7 Å². The Morgan fingerprint density at radius 3 is 1.25 bits per heavy atom. The van der Waals surface area contributed by atoms with E-state index in [1.54, 1.807) is 12.4 Å². The van der Waals surface area contributed by atoms with Crippen LogP contribution >= 0.6 is 0 Å². The number of hydrogen-bond donors (Lipinski definition) is 0. The van der Waals surface area contributed by atoms with E-state index in [1.165, 1.54) is 0 Å². The number of aromatic nitrogens is 8. The van der Waals surface area contributed by atoms with E-state index in [9.17, 15) is 0 Å². The molecule has 0 bridgehead atoms. The summed E-state index contributed by atoms with van der Waals surface area (Å²) in [6, 6.07) is 34.5. The fraction of sp³-hybridized carbons (Fsp3) is 0. The lowest BCUT2D eigenvalue weighted by molar-refractivity contribution is 0.582. The van der Waals surface area contributed by atoms with E-state index in [1.807, 2.05) is 109 Å². The Morgan fingerprint density at radius 2 is 0.795 bits per heavy atom. The minimum absolute atomic E-state index is 0.334. The molecule has 44 heavy (non-hydrogen) atoms. The van der Waals surface area contributed by atoms with Gasteiger partial charge in [-0.3, -0.25) is 9.97 Å². The Morgan fingerprint density at radius 1 is 0.364 bits per heavy atom. The molecule has 0 aliphatic carbocycles. The minimum Gasteiger partial charge on any atom is -0.415 e. The van der Waals surface area contributed by atoms with Crippen LogP contribution in [0.3, 0.4) is 0 Å². The molecule has 0 aliphatic heterocycles. The molecule has 0 unspecified atom stereocenters. The Kier molecular flexibility index (Phi) is 6.19. The van der Waals surface area contributed by atoms with E-state index in [4.69, 9.17) is 8.83 Å². The molecular formula is C34H20N8O2. The first-order valence-corrected chi connectivity index (χ1v) is 13.8. The molecule has 0 atom stereocenters. The second kappa shape index (κ2) is 10.8. The lowest BCUT2D eigenvalue weighted by atomic mass is 10.0. The maximum atomic E-state index is 6.02. The lowest BCUT2D eigenvalue weighted by Crippen LogP contribution is -1.89. The van der Waals surface area contributed by atoms with Crippen molar-refractivity contribution in [3.63, 3.8) is 0 Å². The fourth-order valence-corrected chi connectivity index (χ4v) is 4.82. The molecule has 0 amide bonds. The molecule has 10 heteroatoms. The SMILES string of the molecule is c1ccc(-c2cccc(-c3nnc(-c4ccc5cc(-c6nnc(-c7cccc(-c8ccccn8)n7)o6)ccc5c4)o3)n2)nc1. The van der Waals surface area contributed by atoms with E-state index < -0.39 is 0 Å². The second-order valence-corrected chi connectivity index (χ2v) is 9.85. The highest BCUT2D eigenvalue weighted by atomic mass is 16.4. The van der Waals surface area contributed by atoms with Gasteiger partial charge in [0.25, 0.3) is 11.8 Å². The van der Waals surface area contributed by atoms with Crippen molar-refractivity contribution in [2.45, 2.75) is 0 Å². The van der Waals surface area contributed by atoms with Gasteiger partial charge in [-0.1, -0.05) is 36.4 Å². The Hall–Kier alpha value is -6.42. The summed E-state index contributed by atoms with van der Waals surface area (Å²) in [5.74, 6) is 1.47. The first-order chi connectivity index (χ1) is 21.8. The van der Waals surface area contributed by atoms with Gasteiger partial charge in [-0.05, 0) is 83.6 Å². The zero-order valence-electron chi connectivity index (χ0n) is 22.9. The molecule has 0 saturated carbocycles. The molecule has 0 aliphatic rings. The summed E-state index contributed by atoms with van der Waals surface area (Å²) in [5.41, 5.74) is 5.74. The van der Waals surface area contributed by atoms with Crippen LogP contribution in [-0.4, -0.2) is 40.3 Å². The molecule has 8 rings (SSSR count). The quantitative estimate of drug-likeness (QED) is 0.202. The monoisotopic (exact) mass is 572 g/mol. The molecule has 6 heterocycles. The second-order valence-electron chi connectivity index (χ2n) is 9.85. The highest BCUT2D eigenvalue weighted by Gasteiger charge is 2.16. The van der Waals surface area contributed by atoms with Gasteiger partial charge in [0.05, 0.1) is 22.8 Å². The molecule has 0 fully saturated rings. The summed E-state index contributed by atoms with van der Waals surface area (Å²) in [7, 11) is 0. The first-order valence-electron chi connectivity index (χ1n) is 13.8. The largest absolute Gasteiger partial charge is 0.415 e. The van der Waals surface area contributed by atoms with Crippen LogP contribution in [0.1, 0.15) is 0 Å². The topological polar surface area (TPSA) is 129 Å². The van der Waals surface area contributed by atoms with E-state index in [2.05, 4.69) is 40.3 Å². The van der Waals surface area contributed by atoms with Crippen LogP contribution in [0, 0.1) is 0 Å². The lowest BCUT2D eigenvalue weighted by Gasteiger charge is -2.03. The summed E-state index contributed by atoms with van der Waals surface area (Å²) in [6.07, 6.45) is 3.47. The molecule has 10 nitrogen and oxygen atoms in total. The molecule has 0 saturated heterocycles. The van der Waals surface area contributed by atoms with Crippen molar-refractivity contribution in [2.24, 2.45) is 0 Å². The summed E-state index contributed by atoms with van der Waals surface area (Å²) in [4.78, 5) is 18.1. The number of rotatable bonds is 6. The van der Waals surface area contributed by atoms with Crippen LogP contribution in [0.4, 0.5) is 0 Å². The van der Waals surface area contributed by atoms with Crippen LogP contribution in [0.5, 0.6) is 0 Å². The molecular weight excluding hydrogens is 552 g/mol. The first kappa shape index (κ1) is 25.3. The van der Waals surface area contributed by atoms with Crippen molar-refractivity contribution in [1.82, 2.24) is 40.3 Å².